The third-order valence-corrected chi connectivity index (χ3v) is 2.50. The summed E-state index contributed by atoms with van der Waals surface area (Å²) >= 11 is 0.713. The molecule has 0 aliphatic carbocycles. The first-order valence-electron chi connectivity index (χ1n) is 5.57. The fraction of sp³-hybridized carbons (Fsp3) is 0.500. The molecule has 0 spiro atoms. The Hall–Kier alpha value is -0.750. The van der Waals surface area contributed by atoms with Crippen molar-refractivity contribution in [1.29, 1.82) is 0 Å². The zero-order valence-electron chi connectivity index (χ0n) is 10.1. The molecule has 1 aromatic carbocycles. The standard InChI is InChI=1S/C12H18O4S/c1-3-14-12(15-4-2)9-16-10-5-7-11(17-13)8-6-10/h5-8,12-13H,3-4,9H2,1-2H3. The Bertz CT molecular complexity index is 296. The first-order chi connectivity index (χ1) is 8.30. The summed E-state index contributed by atoms with van der Waals surface area (Å²) in [7, 11) is 0. The molecule has 5 heteroatoms. The van der Waals surface area contributed by atoms with Crippen molar-refractivity contribution in [3.63, 3.8) is 0 Å². The second-order valence-electron chi connectivity index (χ2n) is 3.21. The quantitative estimate of drug-likeness (QED) is 0.573. The zero-order chi connectivity index (χ0) is 12.5. The Morgan fingerprint density at radius 3 is 2.18 bits per heavy atom. The van der Waals surface area contributed by atoms with Crippen LogP contribution < -0.4 is 4.74 Å². The summed E-state index contributed by atoms with van der Waals surface area (Å²) in [5, 5.41) is 0. The molecule has 0 saturated carbocycles. The predicted molar refractivity (Wildman–Crippen MR) is 67.5 cm³/mol. The molecule has 0 amide bonds. The van der Waals surface area contributed by atoms with E-state index in [2.05, 4.69) is 0 Å². The van der Waals surface area contributed by atoms with E-state index in [9.17, 15) is 0 Å². The first kappa shape index (κ1) is 14.3. The van der Waals surface area contributed by atoms with Crippen LogP contribution >= 0.6 is 12.0 Å². The van der Waals surface area contributed by atoms with Gasteiger partial charge in [-0.25, -0.2) is 0 Å². The molecule has 0 unspecified atom stereocenters. The van der Waals surface area contributed by atoms with Gasteiger partial charge in [-0.05, 0) is 38.1 Å². The summed E-state index contributed by atoms with van der Waals surface area (Å²) in [5.41, 5.74) is 0. The monoisotopic (exact) mass is 258 g/mol. The van der Waals surface area contributed by atoms with Crippen molar-refractivity contribution in [2.24, 2.45) is 0 Å². The van der Waals surface area contributed by atoms with Crippen molar-refractivity contribution in [2.45, 2.75) is 25.0 Å². The smallest absolute Gasteiger partial charge is 0.191 e. The van der Waals surface area contributed by atoms with Crippen LogP contribution in [0.4, 0.5) is 0 Å². The van der Waals surface area contributed by atoms with Crippen LogP contribution in [-0.2, 0) is 9.47 Å². The summed E-state index contributed by atoms with van der Waals surface area (Å²) in [6.07, 6.45) is -0.336. The van der Waals surface area contributed by atoms with Gasteiger partial charge < -0.3 is 18.8 Å². The molecule has 4 nitrogen and oxygen atoms in total. The van der Waals surface area contributed by atoms with Crippen molar-refractivity contribution in [3.8, 4) is 5.75 Å². The van der Waals surface area contributed by atoms with Gasteiger partial charge in [-0.1, -0.05) is 0 Å². The van der Waals surface area contributed by atoms with Gasteiger partial charge in [0.2, 0.25) is 0 Å². The molecular formula is C12H18O4S. The molecule has 17 heavy (non-hydrogen) atoms. The average Bonchev–Trinajstić information content (AvgIpc) is 2.37. The van der Waals surface area contributed by atoms with Crippen LogP contribution in [0.2, 0.25) is 0 Å². The van der Waals surface area contributed by atoms with E-state index in [-0.39, 0.29) is 6.29 Å². The second-order valence-corrected chi connectivity index (χ2v) is 3.87. The Morgan fingerprint density at radius 1 is 1.12 bits per heavy atom. The van der Waals surface area contributed by atoms with E-state index >= 15 is 0 Å². The van der Waals surface area contributed by atoms with E-state index in [1.807, 2.05) is 13.8 Å². The molecule has 0 aliphatic heterocycles. The fourth-order valence-corrected chi connectivity index (χ4v) is 1.53. The summed E-state index contributed by atoms with van der Waals surface area (Å²) < 4.78 is 25.1. The summed E-state index contributed by atoms with van der Waals surface area (Å²) in [6, 6.07) is 7.17. The lowest BCUT2D eigenvalue weighted by atomic mass is 10.3. The predicted octanol–water partition coefficient (Wildman–Crippen LogP) is 3.03. The molecule has 0 fully saturated rings. The Balaban J connectivity index is 2.41. The van der Waals surface area contributed by atoms with E-state index in [4.69, 9.17) is 18.8 Å². The first-order valence-corrected chi connectivity index (χ1v) is 6.35. The van der Waals surface area contributed by atoms with Gasteiger partial charge in [-0.15, -0.1) is 0 Å². The maximum absolute atomic E-state index is 8.82. The number of benzene rings is 1. The van der Waals surface area contributed by atoms with Crippen LogP contribution in [0.15, 0.2) is 29.2 Å². The average molecular weight is 258 g/mol. The molecule has 96 valence electrons. The maximum atomic E-state index is 8.82. The highest BCUT2D eigenvalue weighted by Crippen LogP contribution is 2.18. The molecule has 0 aliphatic rings. The summed E-state index contributed by atoms with van der Waals surface area (Å²) in [5.74, 6) is 0.729. The van der Waals surface area contributed by atoms with Crippen LogP contribution in [0.25, 0.3) is 0 Å². The van der Waals surface area contributed by atoms with Crippen molar-refractivity contribution < 1.29 is 18.8 Å². The molecular weight excluding hydrogens is 240 g/mol. The van der Waals surface area contributed by atoms with E-state index in [1.165, 1.54) is 0 Å². The van der Waals surface area contributed by atoms with Crippen LogP contribution in [0.5, 0.6) is 5.75 Å². The molecule has 1 N–H and O–H groups in total. The summed E-state index contributed by atoms with van der Waals surface area (Å²) in [4.78, 5) is 0.781. The number of rotatable bonds is 8. The lowest BCUT2D eigenvalue weighted by Gasteiger charge is -2.17. The largest absolute Gasteiger partial charge is 0.488 e. The highest BCUT2D eigenvalue weighted by molar-refractivity contribution is 7.93. The van der Waals surface area contributed by atoms with Crippen molar-refractivity contribution in [1.82, 2.24) is 0 Å². The van der Waals surface area contributed by atoms with Crippen molar-refractivity contribution in [3.05, 3.63) is 24.3 Å². The highest BCUT2D eigenvalue weighted by Gasteiger charge is 2.08. The van der Waals surface area contributed by atoms with Gasteiger partial charge in [0, 0.05) is 30.2 Å². The lowest BCUT2D eigenvalue weighted by molar-refractivity contribution is -0.152. The van der Waals surface area contributed by atoms with Crippen LogP contribution in [-0.4, -0.2) is 30.7 Å². The van der Waals surface area contributed by atoms with Crippen LogP contribution in [0.3, 0.4) is 0 Å². The lowest BCUT2D eigenvalue weighted by Crippen LogP contribution is -2.25. The minimum absolute atomic E-state index is 0.336. The molecule has 0 bridgehead atoms. The molecule has 1 rings (SSSR count). The number of hydrogen-bond acceptors (Lipinski definition) is 5. The molecule has 0 atom stereocenters. The molecule has 1 aromatic rings. The van der Waals surface area contributed by atoms with Gasteiger partial charge >= 0.3 is 0 Å². The minimum Gasteiger partial charge on any atom is -0.488 e. The van der Waals surface area contributed by atoms with E-state index < -0.39 is 0 Å². The van der Waals surface area contributed by atoms with Crippen LogP contribution in [0.1, 0.15) is 13.8 Å². The Labute approximate surface area is 106 Å². The zero-order valence-corrected chi connectivity index (χ0v) is 10.9. The van der Waals surface area contributed by atoms with Gasteiger partial charge in [-0.3, -0.25) is 0 Å². The summed E-state index contributed by atoms with van der Waals surface area (Å²) in [6.45, 7) is 5.37. The van der Waals surface area contributed by atoms with E-state index in [0.29, 0.717) is 31.9 Å². The Kier molecular flexibility index (Phi) is 7.04. The van der Waals surface area contributed by atoms with Crippen LogP contribution in [0, 0.1) is 0 Å². The second kappa shape index (κ2) is 8.36. The fourth-order valence-electron chi connectivity index (χ4n) is 1.28. The van der Waals surface area contributed by atoms with Crippen molar-refractivity contribution in [2.75, 3.05) is 19.8 Å². The normalized spacial score (nSPS) is 10.8. The van der Waals surface area contributed by atoms with E-state index in [1.54, 1.807) is 24.3 Å². The highest BCUT2D eigenvalue weighted by atomic mass is 32.2. The minimum atomic E-state index is -0.336. The topological polar surface area (TPSA) is 47.9 Å². The molecule has 0 radical (unpaired) electrons. The van der Waals surface area contributed by atoms with Gasteiger partial charge in [0.15, 0.2) is 6.29 Å². The van der Waals surface area contributed by atoms with Gasteiger partial charge in [0.25, 0.3) is 0 Å². The maximum Gasteiger partial charge on any atom is 0.191 e. The van der Waals surface area contributed by atoms with Crippen molar-refractivity contribution >= 4 is 12.0 Å². The molecule has 0 saturated heterocycles. The molecule has 0 heterocycles. The van der Waals surface area contributed by atoms with Gasteiger partial charge in [0.05, 0.1) is 0 Å². The third kappa shape index (κ3) is 5.41. The van der Waals surface area contributed by atoms with Gasteiger partial charge in [0.1, 0.15) is 12.4 Å². The third-order valence-electron chi connectivity index (χ3n) is 2.02. The number of ether oxygens (including phenoxy) is 3. The van der Waals surface area contributed by atoms with Gasteiger partial charge in [-0.2, -0.15) is 0 Å². The molecule has 0 aromatic heterocycles. The Morgan fingerprint density at radius 2 is 1.71 bits per heavy atom. The SMILES string of the molecule is CCOC(COc1ccc(SO)cc1)OCC. The number of hydrogen-bond donors (Lipinski definition) is 1. The van der Waals surface area contributed by atoms with E-state index in [0.717, 1.165) is 10.6 Å².